The number of carbonyl (C=O) groups is 3. The number of carbonyl (C=O) groups excluding carboxylic acids is 3. The molecular formula is C37H60O7. The number of ketones is 2. The summed E-state index contributed by atoms with van der Waals surface area (Å²) >= 11 is 0. The van der Waals surface area contributed by atoms with Gasteiger partial charge in [0.25, 0.3) is 0 Å². The first-order valence-corrected chi connectivity index (χ1v) is 18.0. The Morgan fingerprint density at radius 3 is 2.11 bits per heavy atom. The molecule has 0 bridgehead atoms. The fourth-order valence-electron chi connectivity index (χ4n) is 9.96. The number of Topliss-reactive ketones (excluding diaryl/α,β-unsaturated/α-hetero) is 1. The highest BCUT2D eigenvalue weighted by molar-refractivity contribution is 5.92. The van der Waals surface area contributed by atoms with E-state index in [9.17, 15) is 29.7 Å². The lowest BCUT2D eigenvalue weighted by molar-refractivity contribution is -0.197. The Hall–Kier alpha value is -1.57. The van der Waals surface area contributed by atoms with Crippen molar-refractivity contribution in [1.29, 1.82) is 0 Å². The number of fused-ring (bicyclic) bond motifs is 5. The van der Waals surface area contributed by atoms with Crippen molar-refractivity contribution in [2.24, 2.45) is 28.6 Å². The summed E-state index contributed by atoms with van der Waals surface area (Å²) in [7, 11) is 0. The van der Waals surface area contributed by atoms with Crippen molar-refractivity contribution in [2.75, 3.05) is 6.61 Å². The van der Waals surface area contributed by atoms with Gasteiger partial charge in [0.15, 0.2) is 11.6 Å². The molecule has 7 nitrogen and oxygen atoms in total. The van der Waals surface area contributed by atoms with Crippen LogP contribution in [0.3, 0.4) is 0 Å². The van der Waals surface area contributed by atoms with Gasteiger partial charge in [-0.15, -0.1) is 0 Å². The van der Waals surface area contributed by atoms with Gasteiger partial charge in [-0.05, 0) is 56.4 Å². The lowest BCUT2D eigenvalue weighted by atomic mass is 9.44. The van der Waals surface area contributed by atoms with Gasteiger partial charge in [-0.1, -0.05) is 103 Å². The van der Waals surface area contributed by atoms with E-state index in [0.717, 1.165) is 31.3 Å². The monoisotopic (exact) mass is 616 g/mol. The molecule has 0 aromatic carbocycles. The highest BCUT2D eigenvalue weighted by atomic mass is 16.5. The first-order chi connectivity index (χ1) is 21.0. The number of unbranched alkanes of at least 4 members (excludes halogenated alkanes) is 12. The van der Waals surface area contributed by atoms with Crippen LogP contribution < -0.4 is 0 Å². The van der Waals surface area contributed by atoms with E-state index >= 15 is 0 Å². The third-order valence-corrected chi connectivity index (χ3v) is 12.5. The number of esters is 1. The van der Waals surface area contributed by atoms with Crippen LogP contribution >= 0.6 is 0 Å². The maximum Gasteiger partial charge on any atom is 0.306 e. The van der Waals surface area contributed by atoms with Crippen LogP contribution in [0.2, 0.25) is 0 Å². The minimum Gasteiger partial charge on any atom is -0.461 e. The van der Waals surface area contributed by atoms with Gasteiger partial charge in [0.05, 0.1) is 6.10 Å². The minimum absolute atomic E-state index is 0.00505. The number of hydrogen-bond acceptors (Lipinski definition) is 7. The topological polar surface area (TPSA) is 121 Å². The molecule has 250 valence electrons. The molecule has 7 heteroatoms. The second kappa shape index (κ2) is 15.3. The van der Waals surface area contributed by atoms with E-state index in [-0.39, 0.29) is 48.8 Å². The van der Waals surface area contributed by atoms with Crippen LogP contribution in [0.1, 0.15) is 149 Å². The van der Waals surface area contributed by atoms with Crippen molar-refractivity contribution in [1.82, 2.24) is 0 Å². The summed E-state index contributed by atoms with van der Waals surface area (Å²) < 4.78 is 6.12. The molecule has 0 aliphatic heterocycles. The molecule has 4 rings (SSSR count). The third kappa shape index (κ3) is 7.05. The second-order valence-corrected chi connectivity index (χ2v) is 15.1. The molecule has 4 aliphatic carbocycles. The van der Waals surface area contributed by atoms with Crippen LogP contribution in [0.5, 0.6) is 0 Å². The van der Waals surface area contributed by atoms with Crippen molar-refractivity contribution < 1.29 is 34.4 Å². The smallest absolute Gasteiger partial charge is 0.306 e. The molecular weight excluding hydrogens is 556 g/mol. The molecule has 1 unspecified atom stereocenters. The minimum atomic E-state index is -1.66. The number of ether oxygens (including phenoxy) is 1. The fourth-order valence-corrected chi connectivity index (χ4v) is 9.96. The molecule has 3 fully saturated rings. The lowest BCUT2D eigenvalue weighted by Crippen LogP contribution is -2.64. The van der Waals surface area contributed by atoms with Gasteiger partial charge in [0.2, 0.25) is 0 Å². The molecule has 44 heavy (non-hydrogen) atoms. The third-order valence-electron chi connectivity index (χ3n) is 12.5. The zero-order chi connectivity index (χ0) is 32.0. The van der Waals surface area contributed by atoms with Crippen LogP contribution in [-0.4, -0.2) is 57.3 Å². The van der Waals surface area contributed by atoms with Crippen LogP contribution in [0, 0.1) is 28.6 Å². The summed E-state index contributed by atoms with van der Waals surface area (Å²) in [6.07, 6.45) is 19.4. The summed E-state index contributed by atoms with van der Waals surface area (Å²) in [4.78, 5) is 38.6. The van der Waals surface area contributed by atoms with E-state index in [4.69, 9.17) is 4.74 Å². The summed E-state index contributed by atoms with van der Waals surface area (Å²) in [5.74, 6) is -1.10. The molecule has 0 radical (unpaired) electrons. The maximum absolute atomic E-state index is 13.1. The first-order valence-electron chi connectivity index (χ1n) is 18.0. The van der Waals surface area contributed by atoms with E-state index in [2.05, 4.69) is 13.8 Å². The predicted octanol–water partition coefficient (Wildman–Crippen LogP) is 6.78. The van der Waals surface area contributed by atoms with Crippen molar-refractivity contribution in [3.8, 4) is 0 Å². The Balaban J connectivity index is 1.29. The number of hydrogen-bond donors (Lipinski definition) is 3. The average molecular weight is 617 g/mol. The maximum atomic E-state index is 13.1. The normalized spacial score (nSPS) is 36.3. The van der Waals surface area contributed by atoms with Crippen molar-refractivity contribution >= 4 is 17.5 Å². The fraction of sp³-hybridized carbons (Fsp3) is 0.865. The molecule has 0 saturated heterocycles. The molecule has 3 N–H and O–H groups in total. The van der Waals surface area contributed by atoms with E-state index in [1.54, 1.807) is 6.08 Å². The van der Waals surface area contributed by atoms with Gasteiger partial charge in [-0.3, -0.25) is 14.4 Å². The summed E-state index contributed by atoms with van der Waals surface area (Å²) in [5, 5.41) is 32.8. The Morgan fingerprint density at radius 2 is 1.52 bits per heavy atom. The molecule has 0 aromatic rings. The highest BCUT2D eigenvalue weighted by Gasteiger charge is 2.69. The number of aliphatic hydroxyl groups is 3. The molecule has 4 aliphatic rings. The molecule has 0 spiro atoms. The Kier molecular flexibility index (Phi) is 12.3. The van der Waals surface area contributed by atoms with Crippen molar-refractivity contribution in [3.63, 3.8) is 0 Å². The second-order valence-electron chi connectivity index (χ2n) is 15.1. The zero-order valence-electron chi connectivity index (χ0n) is 27.8. The predicted molar refractivity (Wildman–Crippen MR) is 171 cm³/mol. The average Bonchev–Trinajstić information content (AvgIpc) is 3.26. The van der Waals surface area contributed by atoms with E-state index < -0.39 is 41.0 Å². The standard InChI is InChI=1S/C37H60O7/c1-4-5-6-7-8-9-10-11-12-13-14-15-16-17-33(42)44-32-23-27(39)22-26-18-19-28-29-20-21-37(43,31(41)25-38)35(29,2)24-30(40)34(28)36(26,32)3/h22,28-30,32,34,38,40,43H,4-21,23-25H2,1-3H3/t28-,29-,30-,32?,34+,35-,36+,37-/m0/s1. The van der Waals surface area contributed by atoms with Crippen molar-refractivity contribution in [3.05, 3.63) is 11.6 Å². The van der Waals surface area contributed by atoms with Gasteiger partial charge in [-0.2, -0.15) is 0 Å². The molecule has 0 heterocycles. The lowest BCUT2D eigenvalue weighted by Gasteiger charge is -2.61. The molecule has 3 saturated carbocycles. The zero-order valence-corrected chi connectivity index (χ0v) is 27.8. The van der Waals surface area contributed by atoms with E-state index in [0.29, 0.717) is 19.3 Å². The van der Waals surface area contributed by atoms with Gasteiger partial charge in [0, 0.05) is 29.6 Å². The molecule has 0 amide bonds. The number of aliphatic hydroxyl groups excluding tert-OH is 2. The Labute approximate surface area is 265 Å². The Morgan fingerprint density at radius 1 is 0.932 bits per heavy atom. The van der Waals surface area contributed by atoms with Gasteiger partial charge < -0.3 is 20.1 Å². The summed E-state index contributed by atoms with van der Waals surface area (Å²) in [5.41, 5.74) is -2.21. The molecule has 0 aromatic heterocycles. The van der Waals surface area contributed by atoms with E-state index in [1.165, 1.54) is 64.2 Å². The summed E-state index contributed by atoms with van der Waals surface area (Å²) in [6.45, 7) is 5.48. The van der Waals surface area contributed by atoms with Crippen molar-refractivity contribution in [2.45, 2.75) is 167 Å². The van der Waals surface area contributed by atoms with Crippen LogP contribution in [0.4, 0.5) is 0 Å². The Bertz CT molecular complexity index is 1040. The first kappa shape index (κ1) is 35.3. The van der Waals surface area contributed by atoms with Crippen LogP contribution in [0.15, 0.2) is 11.6 Å². The quantitative estimate of drug-likeness (QED) is 0.122. The highest BCUT2D eigenvalue weighted by Crippen LogP contribution is 2.67. The summed E-state index contributed by atoms with van der Waals surface area (Å²) in [6, 6.07) is 0. The van der Waals surface area contributed by atoms with Crippen LogP contribution in [0.25, 0.3) is 0 Å². The SMILES string of the molecule is CCCCCCCCCCCCCCCC(=O)OC1CC(=O)C=C2CC[C@@H]3[C@H]([C@@H](O)C[C@@]4(C)[C@H]3CC[C@]4(O)C(=O)CO)[C@]21C. The molecule has 8 atom stereocenters. The van der Waals surface area contributed by atoms with Gasteiger partial charge in [0.1, 0.15) is 18.3 Å². The number of rotatable bonds is 17. The van der Waals surface area contributed by atoms with Gasteiger partial charge in [-0.25, -0.2) is 0 Å². The van der Waals surface area contributed by atoms with E-state index in [1.807, 2.05) is 6.92 Å². The largest absolute Gasteiger partial charge is 0.461 e. The van der Waals surface area contributed by atoms with Gasteiger partial charge >= 0.3 is 5.97 Å². The van der Waals surface area contributed by atoms with Crippen LogP contribution in [-0.2, 0) is 19.1 Å².